The molecule has 1 aromatic carbocycles. The first-order valence-electron chi connectivity index (χ1n) is 8.40. The van der Waals surface area contributed by atoms with E-state index in [0.717, 1.165) is 19.0 Å². The van der Waals surface area contributed by atoms with Crippen molar-refractivity contribution >= 4 is 17.0 Å². The number of likely N-dealkylation sites (tertiary alicyclic amines) is 1. The number of nitrogens with zero attached hydrogens (tertiary/aromatic N) is 2. The van der Waals surface area contributed by atoms with E-state index in [0.29, 0.717) is 0 Å². The van der Waals surface area contributed by atoms with Crippen LogP contribution < -0.4 is 39.2 Å². The van der Waals surface area contributed by atoms with Crippen LogP contribution in [0.5, 0.6) is 0 Å². The van der Waals surface area contributed by atoms with Gasteiger partial charge in [-0.25, -0.2) is 9.55 Å². The summed E-state index contributed by atoms with van der Waals surface area (Å²) in [4.78, 5) is 7.93. The van der Waals surface area contributed by atoms with Gasteiger partial charge in [0, 0.05) is 0 Å². The lowest BCUT2D eigenvalue weighted by Gasteiger charge is -2.27. The van der Waals surface area contributed by atoms with Gasteiger partial charge in [-0.1, -0.05) is 19.1 Å². The van der Waals surface area contributed by atoms with Crippen molar-refractivity contribution in [2.45, 2.75) is 26.3 Å². The molecule has 2 aromatic rings. The van der Waals surface area contributed by atoms with Crippen LogP contribution in [0, 0.1) is 5.92 Å². The fourth-order valence-corrected chi connectivity index (χ4v) is 3.85. The number of benzene rings is 1. The van der Waals surface area contributed by atoms with Crippen LogP contribution in [-0.4, -0.2) is 37.7 Å². The highest BCUT2D eigenvalue weighted by Crippen LogP contribution is 2.18. The van der Waals surface area contributed by atoms with Crippen LogP contribution in [0.3, 0.4) is 0 Å². The zero-order valence-corrected chi connectivity index (χ0v) is 15.2. The van der Waals surface area contributed by atoms with Gasteiger partial charge in [-0.3, -0.25) is 4.90 Å². The van der Waals surface area contributed by atoms with Gasteiger partial charge in [0.25, 0.3) is 0 Å². The SMILES string of the molecule is CC1CC[NH+](CCN2CC[n+]3c2[nH]c2ccccc23)CC1.[Cl-].[Cl-]. The van der Waals surface area contributed by atoms with Gasteiger partial charge in [-0.05, 0) is 30.9 Å². The Kier molecular flexibility index (Phi) is 6.18. The molecule has 0 spiro atoms. The van der Waals surface area contributed by atoms with E-state index in [-0.39, 0.29) is 24.8 Å². The Balaban J connectivity index is 0.000000960. The van der Waals surface area contributed by atoms with Crippen molar-refractivity contribution in [3.8, 4) is 0 Å². The molecule has 1 fully saturated rings. The number of H-pyrrole nitrogens is 1. The summed E-state index contributed by atoms with van der Waals surface area (Å²) in [5.41, 5.74) is 2.60. The molecular formula is C17H26Cl2N4. The van der Waals surface area contributed by atoms with Gasteiger partial charge in [-0.2, -0.15) is 0 Å². The third-order valence-corrected chi connectivity index (χ3v) is 5.31. The van der Waals surface area contributed by atoms with E-state index in [4.69, 9.17) is 0 Å². The molecule has 0 saturated carbocycles. The van der Waals surface area contributed by atoms with E-state index < -0.39 is 0 Å². The lowest BCUT2D eigenvalue weighted by Crippen LogP contribution is -3.13. The quantitative estimate of drug-likeness (QED) is 0.528. The van der Waals surface area contributed by atoms with E-state index in [9.17, 15) is 0 Å². The molecule has 23 heavy (non-hydrogen) atoms. The maximum atomic E-state index is 3.60. The molecule has 4 rings (SSSR count). The number of hydrogen-bond donors (Lipinski definition) is 2. The molecular weight excluding hydrogens is 331 g/mol. The molecule has 0 unspecified atom stereocenters. The number of rotatable bonds is 3. The fourth-order valence-electron chi connectivity index (χ4n) is 3.85. The second kappa shape index (κ2) is 7.73. The Morgan fingerprint density at radius 1 is 1.22 bits per heavy atom. The summed E-state index contributed by atoms with van der Waals surface area (Å²) < 4.78 is 2.43. The highest BCUT2D eigenvalue weighted by atomic mass is 35.5. The number of aromatic nitrogens is 2. The Bertz CT molecular complexity index is 635. The number of anilines is 1. The number of para-hydroxylation sites is 2. The number of fused-ring (bicyclic) bond motifs is 3. The molecule has 1 aromatic heterocycles. The highest BCUT2D eigenvalue weighted by molar-refractivity contribution is 5.73. The number of quaternary nitrogens is 1. The van der Waals surface area contributed by atoms with Gasteiger partial charge in [0.2, 0.25) is 0 Å². The smallest absolute Gasteiger partial charge is 0.358 e. The monoisotopic (exact) mass is 356 g/mol. The van der Waals surface area contributed by atoms with Gasteiger partial charge in [0.1, 0.15) is 30.7 Å². The topological polar surface area (TPSA) is 27.4 Å². The van der Waals surface area contributed by atoms with Crippen LogP contribution >= 0.6 is 0 Å². The molecule has 2 aliphatic heterocycles. The van der Waals surface area contributed by atoms with E-state index in [1.807, 2.05) is 0 Å². The minimum absolute atomic E-state index is 0. The van der Waals surface area contributed by atoms with Crippen LogP contribution in [0.1, 0.15) is 19.8 Å². The molecule has 128 valence electrons. The first kappa shape index (κ1) is 18.4. The average Bonchev–Trinajstić information content (AvgIpc) is 3.06. The van der Waals surface area contributed by atoms with Crippen molar-refractivity contribution in [1.82, 2.24) is 4.98 Å². The Morgan fingerprint density at radius 2 is 1.96 bits per heavy atom. The zero-order chi connectivity index (χ0) is 14.2. The van der Waals surface area contributed by atoms with Crippen LogP contribution in [0.4, 0.5) is 5.95 Å². The van der Waals surface area contributed by atoms with E-state index in [1.54, 1.807) is 4.90 Å². The number of nitrogens with one attached hydrogen (secondary N) is 2. The summed E-state index contributed by atoms with van der Waals surface area (Å²) in [6.45, 7) is 9.85. The lowest BCUT2D eigenvalue weighted by atomic mass is 9.99. The van der Waals surface area contributed by atoms with Gasteiger partial charge in [0.15, 0.2) is 0 Å². The molecule has 0 amide bonds. The highest BCUT2D eigenvalue weighted by Gasteiger charge is 2.31. The molecule has 2 N–H and O–H groups in total. The molecule has 0 bridgehead atoms. The number of piperidine rings is 1. The predicted octanol–water partition coefficient (Wildman–Crippen LogP) is -5.40. The Morgan fingerprint density at radius 3 is 2.74 bits per heavy atom. The molecule has 1 saturated heterocycles. The van der Waals surface area contributed by atoms with Gasteiger partial charge in [-0.15, -0.1) is 0 Å². The van der Waals surface area contributed by atoms with Crippen LogP contribution in [-0.2, 0) is 6.54 Å². The maximum Gasteiger partial charge on any atom is 0.358 e. The largest absolute Gasteiger partial charge is 1.00 e. The molecule has 4 nitrogen and oxygen atoms in total. The third-order valence-electron chi connectivity index (χ3n) is 5.31. The van der Waals surface area contributed by atoms with Gasteiger partial charge < -0.3 is 29.7 Å². The summed E-state index contributed by atoms with van der Waals surface area (Å²) in [7, 11) is 0. The number of imidazole rings is 1. The number of halogens is 2. The Labute approximate surface area is 150 Å². The number of hydrogen-bond acceptors (Lipinski definition) is 1. The van der Waals surface area contributed by atoms with Gasteiger partial charge in [0.05, 0.1) is 19.6 Å². The van der Waals surface area contributed by atoms with Crippen LogP contribution in [0.15, 0.2) is 24.3 Å². The summed E-state index contributed by atoms with van der Waals surface area (Å²) >= 11 is 0. The average molecular weight is 357 g/mol. The molecule has 6 heteroatoms. The van der Waals surface area contributed by atoms with Crippen molar-refractivity contribution in [2.75, 3.05) is 37.6 Å². The van der Waals surface area contributed by atoms with E-state index in [2.05, 4.69) is 45.6 Å². The summed E-state index contributed by atoms with van der Waals surface area (Å²) in [6.07, 6.45) is 2.81. The maximum absolute atomic E-state index is 3.60. The van der Waals surface area contributed by atoms with Gasteiger partial charge >= 0.3 is 5.95 Å². The summed E-state index contributed by atoms with van der Waals surface area (Å²) in [5, 5.41) is 0. The molecule has 2 aliphatic rings. The molecule has 3 heterocycles. The minimum atomic E-state index is 0. The predicted molar refractivity (Wildman–Crippen MR) is 84.7 cm³/mol. The minimum Gasteiger partial charge on any atom is -1.00 e. The molecule has 0 aliphatic carbocycles. The molecule has 0 atom stereocenters. The lowest BCUT2D eigenvalue weighted by molar-refractivity contribution is -0.904. The normalized spacial score (nSPS) is 23.3. The van der Waals surface area contributed by atoms with E-state index >= 15 is 0 Å². The Hall–Kier alpha value is -0.970. The standard InChI is InChI=1S/C17H24N4.2ClH/c1-14-6-8-19(9-7-14)10-11-20-12-13-21-16-5-3-2-4-15(16)18-17(20)21;;/h2-5,14H,6-13H2,1H3;2*1H. The second-order valence-corrected chi connectivity index (χ2v) is 6.79. The van der Waals surface area contributed by atoms with Crippen molar-refractivity contribution in [2.24, 2.45) is 5.92 Å². The first-order valence-corrected chi connectivity index (χ1v) is 8.40. The van der Waals surface area contributed by atoms with Crippen LogP contribution in [0.25, 0.3) is 11.0 Å². The van der Waals surface area contributed by atoms with E-state index in [1.165, 1.54) is 56.0 Å². The van der Waals surface area contributed by atoms with Crippen molar-refractivity contribution in [3.05, 3.63) is 24.3 Å². The second-order valence-electron chi connectivity index (χ2n) is 6.79. The summed E-state index contributed by atoms with van der Waals surface area (Å²) in [6, 6.07) is 8.63. The van der Waals surface area contributed by atoms with Crippen molar-refractivity contribution < 1.29 is 34.3 Å². The van der Waals surface area contributed by atoms with Crippen molar-refractivity contribution in [1.29, 1.82) is 0 Å². The molecule has 0 radical (unpaired) electrons. The third kappa shape index (κ3) is 3.59. The number of aromatic amines is 1. The van der Waals surface area contributed by atoms with Crippen molar-refractivity contribution in [3.63, 3.8) is 0 Å². The van der Waals surface area contributed by atoms with Crippen LogP contribution in [0.2, 0.25) is 0 Å². The zero-order valence-electron chi connectivity index (χ0n) is 13.7. The summed E-state index contributed by atoms with van der Waals surface area (Å²) in [5.74, 6) is 2.25. The first-order chi connectivity index (χ1) is 10.3. The fraction of sp³-hybridized carbons (Fsp3) is 0.588.